The van der Waals surface area contributed by atoms with Crippen molar-refractivity contribution in [3.05, 3.63) is 63.7 Å². The number of para-hydroxylation sites is 1. The number of ether oxygens (including phenoxy) is 1. The second-order valence-corrected chi connectivity index (χ2v) is 6.42. The number of nitrogens with one attached hydrogen (secondary N) is 1. The Bertz CT molecular complexity index is 1200. The summed E-state index contributed by atoms with van der Waals surface area (Å²) in [4.78, 5) is 25.1. The van der Waals surface area contributed by atoms with E-state index in [1.165, 1.54) is 0 Å². The molecule has 0 radical (unpaired) electrons. The van der Waals surface area contributed by atoms with Crippen molar-refractivity contribution < 1.29 is 4.74 Å². The van der Waals surface area contributed by atoms with Crippen molar-refractivity contribution in [1.29, 1.82) is 0 Å². The van der Waals surface area contributed by atoms with Gasteiger partial charge < -0.3 is 9.72 Å². The van der Waals surface area contributed by atoms with E-state index in [1.54, 1.807) is 24.8 Å². The van der Waals surface area contributed by atoms with Crippen LogP contribution in [-0.2, 0) is 0 Å². The molecule has 4 aromatic rings. The van der Waals surface area contributed by atoms with E-state index in [0.29, 0.717) is 34.1 Å². The van der Waals surface area contributed by atoms with Crippen LogP contribution in [0.1, 0.15) is 17.1 Å². The maximum atomic E-state index is 12.8. The number of methoxy groups -OCH3 is 1. The summed E-state index contributed by atoms with van der Waals surface area (Å²) in [5, 5.41) is 5.03. The summed E-state index contributed by atoms with van der Waals surface area (Å²) in [5.41, 5.74) is 4.19. The minimum absolute atomic E-state index is 0.113. The van der Waals surface area contributed by atoms with Crippen molar-refractivity contribution in [2.24, 2.45) is 0 Å². The van der Waals surface area contributed by atoms with Crippen molar-refractivity contribution >= 4 is 11.0 Å². The molecule has 0 aliphatic heterocycles. The Labute approximate surface area is 155 Å². The molecule has 0 aliphatic rings. The third-order valence-electron chi connectivity index (χ3n) is 4.39. The Kier molecular flexibility index (Phi) is 3.99. The molecule has 0 bridgehead atoms. The predicted molar refractivity (Wildman–Crippen MR) is 103 cm³/mol. The van der Waals surface area contributed by atoms with Crippen LogP contribution in [0.4, 0.5) is 0 Å². The summed E-state index contributed by atoms with van der Waals surface area (Å²) in [6.07, 6.45) is 0. The monoisotopic (exact) mass is 361 g/mol. The van der Waals surface area contributed by atoms with E-state index < -0.39 is 0 Å². The average Bonchev–Trinajstić information content (AvgIpc) is 2.98. The second kappa shape index (κ2) is 6.35. The number of aryl methyl sites for hydroxylation is 3. The Morgan fingerprint density at radius 1 is 1.04 bits per heavy atom. The number of nitrogens with zero attached hydrogens (tertiary/aromatic N) is 4. The van der Waals surface area contributed by atoms with Crippen LogP contribution in [0.25, 0.3) is 28.2 Å². The molecular weight excluding hydrogens is 342 g/mol. The molecule has 7 heteroatoms. The van der Waals surface area contributed by atoms with Crippen LogP contribution in [-0.4, -0.2) is 31.8 Å². The number of rotatable bonds is 3. The highest BCUT2D eigenvalue weighted by Gasteiger charge is 2.17. The van der Waals surface area contributed by atoms with Gasteiger partial charge in [-0.15, -0.1) is 0 Å². The van der Waals surface area contributed by atoms with Gasteiger partial charge in [0.15, 0.2) is 5.43 Å². The van der Waals surface area contributed by atoms with Crippen LogP contribution in [0.15, 0.2) is 41.2 Å². The maximum absolute atomic E-state index is 12.8. The summed E-state index contributed by atoms with van der Waals surface area (Å²) in [6.45, 7) is 5.61. The van der Waals surface area contributed by atoms with Gasteiger partial charge in [0.1, 0.15) is 11.4 Å². The fraction of sp³-hybridized carbons (Fsp3) is 0.200. The van der Waals surface area contributed by atoms with Crippen LogP contribution in [0, 0.1) is 20.8 Å². The van der Waals surface area contributed by atoms with E-state index >= 15 is 0 Å². The molecule has 1 aromatic carbocycles. The summed E-state index contributed by atoms with van der Waals surface area (Å²) >= 11 is 0. The first-order valence-electron chi connectivity index (χ1n) is 8.56. The molecule has 0 saturated heterocycles. The standard InChI is InChI=1S/C20H19N5O2/c1-11-9-12(2)22-20(21-11)25-19-18(13(3)24-25)16(26)10-15(23-19)14-7-5-6-8-17(14)27-4/h5-10H,1-4H3,(H,23,26). The van der Waals surface area contributed by atoms with Gasteiger partial charge in [-0.2, -0.15) is 9.78 Å². The fourth-order valence-electron chi connectivity index (χ4n) is 3.26. The number of hydrogen-bond acceptors (Lipinski definition) is 5. The molecule has 0 unspecified atom stereocenters. The number of H-pyrrole nitrogens is 1. The molecule has 4 rings (SSSR count). The number of aromatic nitrogens is 5. The molecule has 0 saturated carbocycles. The zero-order valence-electron chi connectivity index (χ0n) is 15.6. The fourth-order valence-corrected chi connectivity index (χ4v) is 3.26. The lowest BCUT2D eigenvalue weighted by Gasteiger charge is -2.09. The van der Waals surface area contributed by atoms with Crippen molar-refractivity contribution in [2.75, 3.05) is 7.11 Å². The van der Waals surface area contributed by atoms with Gasteiger partial charge >= 0.3 is 0 Å². The van der Waals surface area contributed by atoms with Gasteiger partial charge in [0, 0.05) is 23.0 Å². The van der Waals surface area contributed by atoms with Gasteiger partial charge in [-0.1, -0.05) is 12.1 Å². The Hall–Kier alpha value is -3.48. The lowest BCUT2D eigenvalue weighted by Crippen LogP contribution is -2.08. The SMILES string of the molecule is COc1ccccc1-c1cc(=O)c2c(C)nn(-c3nc(C)cc(C)n3)c2[nH]1. The molecule has 0 spiro atoms. The van der Waals surface area contributed by atoms with E-state index in [0.717, 1.165) is 17.0 Å². The average molecular weight is 361 g/mol. The van der Waals surface area contributed by atoms with Gasteiger partial charge in [-0.3, -0.25) is 4.79 Å². The van der Waals surface area contributed by atoms with Gasteiger partial charge in [-0.25, -0.2) is 9.97 Å². The van der Waals surface area contributed by atoms with Crippen molar-refractivity contribution in [3.63, 3.8) is 0 Å². The van der Waals surface area contributed by atoms with Crippen molar-refractivity contribution in [2.45, 2.75) is 20.8 Å². The van der Waals surface area contributed by atoms with Crippen LogP contribution in [0.3, 0.4) is 0 Å². The molecule has 0 fully saturated rings. The van der Waals surface area contributed by atoms with Gasteiger partial charge in [0.05, 0.1) is 23.9 Å². The molecule has 1 N–H and O–H groups in total. The first kappa shape index (κ1) is 17.0. The Balaban J connectivity index is 2.03. The highest BCUT2D eigenvalue weighted by atomic mass is 16.5. The molecule has 0 aliphatic carbocycles. The highest BCUT2D eigenvalue weighted by molar-refractivity contribution is 5.83. The van der Waals surface area contributed by atoms with Crippen LogP contribution >= 0.6 is 0 Å². The minimum atomic E-state index is -0.113. The first-order chi connectivity index (χ1) is 13.0. The Morgan fingerprint density at radius 3 is 2.44 bits per heavy atom. The summed E-state index contributed by atoms with van der Waals surface area (Å²) in [6, 6.07) is 11.0. The molecule has 0 atom stereocenters. The van der Waals surface area contributed by atoms with Crippen LogP contribution in [0.5, 0.6) is 5.75 Å². The number of hydrogen-bond donors (Lipinski definition) is 1. The number of aromatic amines is 1. The quantitative estimate of drug-likeness (QED) is 0.606. The van der Waals surface area contributed by atoms with E-state index in [9.17, 15) is 4.79 Å². The maximum Gasteiger partial charge on any atom is 0.252 e. The van der Waals surface area contributed by atoms with E-state index in [1.807, 2.05) is 44.2 Å². The topological polar surface area (TPSA) is 85.7 Å². The molecular formula is C20H19N5O2. The molecule has 7 nitrogen and oxygen atoms in total. The van der Waals surface area contributed by atoms with Gasteiger partial charge in [0.2, 0.25) is 0 Å². The zero-order chi connectivity index (χ0) is 19.1. The molecule has 3 heterocycles. The molecule has 27 heavy (non-hydrogen) atoms. The first-order valence-corrected chi connectivity index (χ1v) is 8.56. The lowest BCUT2D eigenvalue weighted by molar-refractivity contribution is 0.416. The van der Waals surface area contributed by atoms with E-state index in [4.69, 9.17) is 4.74 Å². The molecule has 136 valence electrons. The normalized spacial score (nSPS) is 11.1. The van der Waals surface area contributed by atoms with Crippen LogP contribution < -0.4 is 10.2 Å². The van der Waals surface area contributed by atoms with E-state index in [2.05, 4.69) is 20.1 Å². The van der Waals surface area contributed by atoms with Crippen molar-refractivity contribution in [1.82, 2.24) is 24.7 Å². The number of pyridine rings is 1. The minimum Gasteiger partial charge on any atom is -0.496 e. The second-order valence-electron chi connectivity index (χ2n) is 6.42. The predicted octanol–water partition coefficient (Wildman–Crippen LogP) is 3.10. The van der Waals surface area contributed by atoms with E-state index in [-0.39, 0.29) is 5.43 Å². The Morgan fingerprint density at radius 2 is 1.74 bits per heavy atom. The summed E-state index contributed by atoms with van der Waals surface area (Å²) in [5.74, 6) is 1.11. The highest BCUT2D eigenvalue weighted by Crippen LogP contribution is 2.29. The number of fused-ring (bicyclic) bond motifs is 1. The largest absolute Gasteiger partial charge is 0.496 e. The zero-order valence-corrected chi connectivity index (χ0v) is 15.6. The smallest absolute Gasteiger partial charge is 0.252 e. The summed E-state index contributed by atoms with van der Waals surface area (Å²) in [7, 11) is 1.60. The number of benzene rings is 1. The third-order valence-corrected chi connectivity index (χ3v) is 4.39. The molecule has 0 amide bonds. The van der Waals surface area contributed by atoms with Crippen molar-refractivity contribution in [3.8, 4) is 23.0 Å². The molecule has 3 aromatic heterocycles. The summed E-state index contributed by atoms with van der Waals surface area (Å²) < 4.78 is 7.02. The van der Waals surface area contributed by atoms with Gasteiger partial charge in [-0.05, 0) is 39.0 Å². The third kappa shape index (κ3) is 2.87. The van der Waals surface area contributed by atoms with Gasteiger partial charge in [0.25, 0.3) is 5.95 Å². The lowest BCUT2D eigenvalue weighted by atomic mass is 10.1. The van der Waals surface area contributed by atoms with Crippen LogP contribution in [0.2, 0.25) is 0 Å².